The smallest absolute Gasteiger partial charge is 0.224 e. The molecule has 4 nitrogen and oxygen atoms in total. The summed E-state index contributed by atoms with van der Waals surface area (Å²) in [6.07, 6.45) is 0.419. The Morgan fingerprint density at radius 3 is 2.50 bits per heavy atom. The molecule has 0 saturated carbocycles. The number of nitrogens with two attached hydrogens (primary N) is 1. The average Bonchev–Trinajstić information content (AvgIpc) is 2.26. The molecule has 0 aliphatic carbocycles. The standard InChI is InChI=1S/C12H18N2O2/c1-14(2)12(15)7-8-16-9-10-3-5-11(13)6-4-10/h3-6H,7-9,13H2,1-2H3. The fourth-order valence-electron chi connectivity index (χ4n) is 1.19. The van der Waals surface area contributed by atoms with Gasteiger partial charge < -0.3 is 15.4 Å². The number of benzene rings is 1. The molecule has 0 aliphatic rings. The Hall–Kier alpha value is -1.55. The van der Waals surface area contributed by atoms with Gasteiger partial charge in [-0.25, -0.2) is 0 Å². The van der Waals surface area contributed by atoms with Gasteiger partial charge in [-0.1, -0.05) is 12.1 Å². The summed E-state index contributed by atoms with van der Waals surface area (Å²) in [5, 5.41) is 0. The summed E-state index contributed by atoms with van der Waals surface area (Å²) in [5.41, 5.74) is 7.37. The largest absolute Gasteiger partial charge is 0.399 e. The maximum atomic E-state index is 11.2. The van der Waals surface area contributed by atoms with Crippen LogP contribution in [0.5, 0.6) is 0 Å². The van der Waals surface area contributed by atoms with Crippen LogP contribution in [0.1, 0.15) is 12.0 Å². The van der Waals surface area contributed by atoms with E-state index in [1.807, 2.05) is 24.3 Å². The Balaban J connectivity index is 2.21. The van der Waals surface area contributed by atoms with Gasteiger partial charge in [0.05, 0.1) is 19.6 Å². The van der Waals surface area contributed by atoms with Crippen LogP contribution >= 0.6 is 0 Å². The fourth-order valence-corrected chi connectivity index (χ4v) is 1.19. The van der Waals surface area contributed by atoms with Crippen molar-refractivity contribution < 1.29 is 9.53 Å². The lowest BCUT2D eigenvalue weighted by Gasteiger charge is -2.10. The van der Waals surface area contributed by atoms with E-state index in [4.69, 9.17) is 10.5 Å². The Morgan fingerprint density at radius 1 is 1.31 bits per heavy atom. The molecule has 0 bridgehead atoms. The van der Waals surface area contributed by atoms with Crippen molar-refractivity contribution in [3.63, 3.8) is 0 Å². The average molecular weight is 222 g/mol. The molecular weight excluding hydrogens is 204 g/mol. The Labute approximate surface area is 96.0 Å². The normalized spacial score (nSPS) is 10.1. The van der Waals surface area contributed by atoms with Crippen LogP contribution in [-0.2, 0) is 16.1 Å². The lowest BCUT2D eigenvalue weighted by atomic mass is 10.2. The molecule has 0 unspecified atom stereocenters. The van der Waals surface area contributed by atoms with Gasteiger partial charge in [0.2, 0.25) is 5.91 Å². The first kappa shape index (κ1) is 12.5. The zero-order chi connectivity index (χ0) is 12.0. The third kappa shape index (κ3) is 4.31. The maximum absolute atomic E-state index is 11.2. The zero-order valence-corrected chi connectivity index (χ0v) is 9.77. The number of anilines is 1. The Morgan fingerprint density at radius 2 is 1.94 bits per heavy atom. The molecule has 16 heavy (non-hydrogen) atoms. The van der Waals surface area contributed by atoms with Crippen molar-refractivity contribution in [2.24, 2.45) is 0 Å². The second-order valence-corrected chi connectivity index (χ2v) is 3.83. The summed E-state index contributed by atoms with van der Waals surface area (Å²) in [4.78, 5) is 12.8. The van der Waals surface area contributed by atoms with Crippen molar-refractivity contribution in [1.82, 2.24) is 4.90 Å². The van der Waals surface area contributed by atoms with Crippen molar-refractivity contribution in [3.05, 3.63) is 29.8 Å². The van der Waals surface area contributed by atoms with Crippen molar-refractivity contribution in [2.75, 3.05) is 26.4 Å². The third-order valence-corrected chi connectivity index (χ3v) is 2.21. The van der Waals surface area contributed by atoms with Crippen LogP contribution in [0.3, 0.4) is 0 Å². The fraction of sp³-hybridized carbons (Fsp3) is 0.417. The summed E-state index contributed by atoms with van der Waals surface area (Å²) < 4.78 is 5.39. The number of ether oxygens (including phenoxy) is 1. The summed E-state index contributed by atoms with van der Waals surface area (Å²) in [5.74, 6) is 0.0808. The number of nitrogen functional groups attached to an aromatic ring is 1. The monoisotopic (exact) mass is 222 g/mol. The highest BCUT2D eigenvalue weighted by Gasteiger charge is 2.02. The van der Waals surface area contributed by atoms with Crippen molar-refractivity contribution in [1.29, 1.82) is 0 Å². The first-order valence-corrected chi connectivity index (χ1v) is 5.22. The molecule has 1 rings (SSSR count). The molecule has 0 aliphatic heterocycles. The first-order valence-electron chi connectivity index (χ1n) is 5.22. The number of rotatable bonds is 5. The number of hydrogen-bond donors (Lipinski definition) is 1. The molecule has 0 radical (unpaired) electrons. The molecule has 0 saturated heterocycles. The molecule has 1 aromatic carbocycles. The Bertz CT molecular complexity index is 333. The molecule has 1 amide bonds. The number of hydrogen-bond acceptors (Lipinski definition) is 3. The summed E-state index contributed by atoms with van der Waals surface area (Å²) in [7, 11) is 3.48. The first-order chi connectivity index (χ1) is 7.59. The third-order valence-electron chi connectivity index (χ3n) is 2.21. The minimum Gasteiger partial charge on any atom is -0.399 e. The SMILES string of the molecule is CN(C)C(=O)CCOCc1ccc(N)cc1. The molecule has 0 aromatic heterocycles. The highest BCUT2D eigenvalue weighted by molar-refractivity contribution is 5.75. The number of nitrogens with zero attached hydrogens (tertiary/aromatic N) is 1. The molecule has 1 aromatic rings. The quantitative estimate of drug-likeness (QED) is 0.603. The van der Waals surface area contributed by atoms with E-state index in [0.29, 0.717) is 19.6 Å². The molecular formula is C12H18N2O2. The topological polar surface area (TPSA) is 55.6 Å². The highest BCUT2D eigenvalue weighted by atomic mass is 16.5. The van der Waals surface area contributed by atoms with Gasteiger partial charge in [-0.15, -0.1) is 0 Å². The molecule has 2 N–H and O–H groups in total. The van der Waals surface area contributed by atoms with Crippen LogP contribution in [-0.4, -0.2) is 31.5 Å². The van der Waals surface area contributed by atoms with Gasteiger partial charge in [0, 0.05) is 19.8 Å². The van der Waals surface area contributed by atoms with Crippen LogP contribution in [0.15, 0.2) is 24.3 Å². The number of carbonyl (C=O) groups excluding carboxylic acids is 1. The van der Waals surface area contributed by atoms with Gasteiger partial charge in [-0.3, -0.25) is 4.79 Å². The zero-order valence-electron chi connectivity index (χ0n) is 9.77. The number of amides is 1. The van der Waals surface area contributed by atoms with E-state index in [2.05, 4.69) is 0 Å². The van der Waals surface area contributed by atoms with E-state index < -0.39 is 0 Å². The van der Waals surface area contributed by atoms with E-state index in [1.54, 1.807) is 19.0 Å². The number of carbonyl (C=O) groups is 1. The minimum absolute atomic E-state index is 0.0808. The molecule has 0 spiro atoms. The summed E-state index contributed by atoms with van der Waals surface area (Å²) in [6.45, 7) is 0.961. The van der Waals surface area contributed by atoms with Crippen molar-refractivity contribution in [2.45, 2.75) is 13.0 Å². The van der Waals surface area contributed by atoms with Crippen molar-refractivity contribution >= 4 is 11.6 Å². The lowest BCUT2D eigenvalue weighted by molar-refractivity contribution is -0.129. The van der Waals surface area contributed by atoms with Crippen LogP contribution in [0.4, 0.5) is 5.69 Å². The van der Waals surface area contributed by atoms with Crippen LogP contribution in [0.2, 0.25) is 0 Å². The van der Waals surface area contributed by atoms with E-state index in [9.17, 15) is 4.79 Å². The lowest BCUT2D eigenvalue weighted by Crippen LogP contribution is -2.22. The van der Waals surface area contributed by atoms with Gasteiger partial charge in [-0.05, 0) is 17.7 Å². The van der Waals surface area contributed by atoms with Gasteiger partial charge in [-0.2, -0.15) is 0 Å². The summed E-state index contributed by atoms with van der Waals surface area (Å²) in [6, 6.07) is 7.51. The molecule has 0 atom stereocenters. The van der Waals surface area contributed by atoms with Gasteiger partial charge in [0.1, 0.15) is 0 Å². The van der Waals surface area contributed by atoms with Gasteiger partial charge in [0.15, 0.2) is 0 Å². The minimum atomic E-state index is 0.0808. The Kier molecular flexibility index (Phi) is 4.79. The van der Waals surface area contributed by atoms with Crippen LogP contribution < -0.4 is 5.73 Å². The van der Waals surface area contributed by atoms with Crippen LogP contribution in [0, 0.1) is 0 Å². The molecule has 0 heterocycles. The van der Waals surface area contributed by atoms with E-state index in [0.717, 1.165) is 11.3 Å². The van der Waals surface area contributed by atoms with E-state index in [1.165, 1.54) is 0 Å². The molecule has 88 valence electrons. The highest BCUT2D eigenvalue weighted by Crippen LogP contribution is 2.06. The predicted octanol–water partition coefficient (Wildman–Crippen LogP) is 1.26. The van der Waals surface area contributed by atoms with E-state index in [-0.39, 0.29) is 5.91 Å². The summed E-state index contributed by atoms with van der Waals surface area (Å²) >= 11 is 0. The van der Waals surface area contributed by atoms with Gasteiger partial charge >= 0.3 is 0 Å². The molecule has 0 fully saturated rings. The molecule has 4 heteroatoms. The van der Waals surface area contributed by atoms with Crippen molar-refractivity contribution in [3.8, 4) is 0 Å². The van der Waals surface area contributed by atoms with Crippen LogP contribution in [0.25, 0.3) is 0 Å². The van der Waals surface area contributed by atoms with Gasteiger partial charge in [0.25, 0.3) is 0 Å². The predicted molar refractivity (Wildman–Crippen MR) is 63.8 cm³/mol. The van der Waals surface area contributed by atoms with E-state index >= 15 is 0 Å². The second-order valence-electron chi connectivity index (χ2n) is 3.83. The second kappa shape index (κ2) is 6.12. The maximum Gasteiger partial charge on any atom is 0.224 e.